The number of hydrogen-bond acceptors (Lipinski definition) is 5. The lowest BCUT2D eigenvalue weighted by Crippen LogP contribution is -2.40. The van der Waals surface area contributed by atoms with Crippen LogP contribution in [-0.2, 0) is 26.0 Å². The molecule has 2 rings (SSSR count). The Morgan fingerprint density at radius 3 is 2.62 bits per heavy atom. The van der Waals surface area contributed by atoms with E-state index in [-0.39, 0.29) is 42.3 Å². The minimum Gasteiger partial charge on any atom is -0.342 e. The number of nitrogens with zero attached hydrogens (tertiary/aromatic N) is 3. The molecule has 1 unspecified atom stereocenters. The molecule has 1 aromatic rings. The summed E-state index contributed by atoms with van der Waals surface area (Å²) >= 11 is 0. The van der Waals surface area contributed by atoms with Crippen LogP contribution in [0.2, 0.25) is 0 Å². The fourth-order valence-corrected chi connectivity index (χ4v) is 4.50. The molecule has 7 nitrogen and oxygen atoms in total. The van der Waals surface area contributed by atoms with Gasteiger partial charge in [-0.1, -0.05) is 6.07 Å². The first-order valence-electron chi connectivity index (χ1n) is 7.90. The Hall–Kier alpha value is -1.96. The van der Waals surface area contributed by atoms with Crippen LogP contribution in [-0.4, -0.2) is 66.2 Å². The largest absolute Gasteiger partial charge is 0.342 e. The highest BCUT2D eigenvalue weighted by Crippen LogP contribution is 2.17. The van der Waals surface area contributed by atoms with Crippen LogP contribution in [0.5, 0.6) is 0 Å². The maximum Gasteiger partial charge on any atom is 0.224 e. The molecule has 1 aromatic heterocycles. The number of sulfone groups is 1. The number of rotatable bonds is 6. The minimum atomic E-state index is -3.03. The highest BCUT2D eigenvalue weighted by Gasteiger charge is 2.32. The Morgan fingerprint density at radius 2 is 2.08 bits per heavy atom. The molecular formula is C16H23N3O4S. The van der Waals surface area contributed by atoms with Crippen molar-refractivity contribution in [2.75, 3.05) is 25.1 Å². The molecule has 1 atom stereocenters. The molecule has 1 aliphatic rings. The van der Waals surface area contributed by atoms with Gasteiger partial charge in [-0.15, -0.1) is 0 Å². The maximum atomic E-state index is 12.3. The molecule has 0 aromatic carbocycles. The van der Waals surface area contributed by atoms with Crippen molar-refractivity contribution >= 4 is 21.7 Å². The van der Waals surface area contributed by atoms with Crippen molar-refractivity contribution in [2.24, 2.45) is 0 Å². The van der Waals surface area contributed by atoms with Gasteiger partial charge in [-0.25, -0.2) is 8.42 Å². The van der Waals surface area contributed by atoms with Gasteiger partial charge in [-0.3, -0.25) is 14.6 Å². The predicted octanol–water partition coefficient (Wildman–Crippen LogP) is 0.466. The van der Waals surface area contributed by atoms with Crippen LogP contribution in [0.25, 0.3) is 0 Å². The van der Waals surface area contributed by atoms with Crippen LogP contribution in [0, 0.1) is 0 Å². The lowest BCUT2D eigenvalue weighted by molar-refractivity contribution is -0.134. The molecule has 0 radical (unpaired) electrons. The van der Waals surface area contributed by atoms with Gasteiger partial charge in [0.2, 0.25) is 11.8 Å². The van der Waals surface area contributed by atoms with Gasteiger partial charge >= 0.3 is 0 Å². The second-order valence-corrected chi connectivity index (χ2v) is 8.30. The highest BCUT2D eigenvalue weighted by atomic mass is 32.2. The van der Waals surface area contributed by atoms with Gasteiger partial charge in [0.05, 0.1) is 23.7 Å². The van der Waals surface area contributed by atoms with Gasteiger partial charge in [0.25, 0.3) is 0 Å². The summed E-state index contributed by atoms with van der Waals surface area (Å²) < 4.78 is 23.1. The van der Waals surface area contributed by atoms with E-state index in [1.165, 1.54) is 11.8 Å². The first-order chi connectivity index (χ1) is 11.3. The number of amides is 2. The predicted molar refractivity (Wildman–Crippen MR) is 89.8 cm³/mol. The summed E-state index contributed by atoms with van der Waals surface area (Å²) in [6, 6.07) is 5.22. The molecule has 1 saturated heterocycles. The van der Waals surface area contributed by atoms with E-state index in [0.29, 0.717) is 13.0 Å². The average Bonchev–Trinajstić information content (AvgIpc) is 2.91. The zero-order chi connectivity index (χ0) is 17.7. The summed E-state index contributed by atoms with van der Waals surface area (Å²) in [4.78, 5) is 31.3. The van der Waals surface area contributed by atoms with Crippen molar-refractivity contribution in [3.8, 4) is 0 Å². The van der Waals surface area contributed by atoms with E-state index in [2.05, 4.69) is 4.98 Å². The van der Waals surface area contributed by atoms with Crippen molar-refractivity contribution in [1.29, 1.82) is 0 Å². The molecule has 0 saturated carbocycles. The standard InChI is InChI=1S/C16H23N3O4S/c1-13(20)19(11-14-5-3-4-8-17-14)9-6-16(21)18(2)15-7-10-24(22,23)12-15/h3-5,8,15H,6-7,9-12H2,1-2H3. The Morgan fingerprint density at radius 1 is 1.33 bits per heavy atom. The van der Waals surface area contributed by atoms with E-state index in [9.17, 15) is 18.0 Å². The first kappa shape index (κ1) is 18.4. The zero-order valence-electron chi connectivity index (χ0n) is 14.0. The molecule has 8 heteroatoms. The van der Waals surface area contributed by atoms with Crippen LogP contribution < -0.4 is 0 Å². The summed E-state index contributed by atoms with van der Waals surface area (Å²) in [5.41, 5.74) is 0.760. The summed E-state index contributed by atoms with van der Waals surface area (Å²) in [5.74, 6) is -0.113. The Bertz CT molecular complexity index is 691. The molecule has 0 spiro atoms. The Balaban J connectivity index is 1.89. The normalized spacial score (nSPS) is 19.0. The monoisotopic (exact) mass is 353 g/mol. The van der Waals surface area contributed by atoms with Gasteiger partial charge in [0, 0.05) is 39.2 Å². The third kappa shape index (κ3) is 5.02. The molecule has 0 bridgehead atoms. The molecule has 132 valence electrons. The molecule has 2 heterocycles. The topological polar surface area (TPSA) is 87.7 Å². The van der Waals surface area contributed by atoms with E-state index >= 15 is 0 Å². The lowest BCUT2D eigenvalue weighted by Gasteiger charge is -2.26. The SMILES string of the molecule is CC(=O)N(CCC(=O)N(C)C1CCS(=O)(=O)C1)Cc1ccccn1. The van der Waals surface area contributed by atoms with E-state index in [1.807, 2.05) is 12.1 Å². The van der Waals surface area contributed by atoms with Crippen molar-refractivity contribution < 1.29 is 18.0 Å². The molecule has 24 heavy (non-hydrogen) atoms. The third-order valence-electron chi connectivity index (χ3n) is 4.27. The van der Waals surface area contributed by atoms with Crippen molar-refractivity contribution in [1.82, 2.24) is 14.8 Å². The molecular weight excluding hydrogens is 330 g/mol. The molecule has 0 aliphatic carbocycles. The lowest BCUT2D eigenvalue weighted by atomic mass is 10.2. The van der Waals surface area contributed by atoms with Crippen LogP contribution in [0.15, 0.2) is 24.4 Å². The summed E-state index contributed by atoms with van der Waals surface area (Å²) in [6.07, 6.45) is 2.31. The van der Waals surface area contributed by atoms with Gasteiger partial charge in [-0.2, -0.15) is 0 Å². The van der Waals surface area contributed by atoms with E-state index < -0.39 is 9.84 Å². The van der Waals surface area contributed by atoms with E-state index in [4.69, 9.17) is 0 Å². The quantitative estimate of drug-likeness (QED) is 0.742. The van der Waals surface area contributed by atoms with Crippen molar-refractivity contribution in [3.63, 3.8) is 0 Å². The average molecular weight is 353 g/mol. The number of aromatic nitrogens is 1. The second-order valence-electron chi connectivity index (χ2n) is 6.07. The van der Waals surface area contributed by atoms with Crippen LogP contribution >= 0.6 is 0 Å². The highest BCUT2D eigenvalue weighted by molar-refractivity contribution is 7.91. The van der Waals surface area contributed by atoms with Gasteiger partial charge in [0.15, 0.2) is 9.84 Å². The summed E-state index contributed by atoms with van der Waals surface area (Å²) in [5, 5.41) is 0. The van der Waals surface area contributed by atoms with E-state index in [0.717, 1.165) is 5.69 Å². The summed E-state index contributed by atoms with van der Waals surface area (Å²) in [7, 11) is -1.40. The van der Waals surface area contributed by atoms with E-state index in [1.54, 1.807) is 24.2 Å². The molecule has 2 amide bonds. The van der Waals surface area contributed by atoms with Crippen LogP contribution in [0.1, 0.15) is 25.5 Å². The van der Waals surface area contributed by atoms with Crippen LogP contribution in [0.3, 0.4) is 0 Å². The Labute approximate surface area is 142 Å². The maximum absolute atomic E-state index is 12.3. The minimum absolute atomic E-state index is 0.0274. The van der Waals surface area contributed by atoms with Gasteiger partial charge < -0.3 is 9.80 Å². The fraction of sp³-hybridized carbons (Fsp3) is 0.562. The van der Waals surface area contributed by atoms with Gasteiger partial charge in [-0.05, 0) is 18.6 Å². The molecule has 1 aliphatic heterocycles. The smallest absolute Gasteiger partial charge is 0.224 e. The van der Waals surface area contributed by atoms with Crippen molar-refractivity contribution in [3.05, 3.63) is 30.1 Å². The number of carbonyl (C=O) groups excluding carboxylic acids is 2. The number of carbonyl (C=O) groups is 2. The zero-order valence-corrected chi connectivity index (χ0v) is 14.8. The molecule has 0 N–H and O–H groups in total. The second kappa shape index (κ2) is 7.74. The summed E-state index contributed by atoms with van der Waals surface area (Å²) in [6.45, 7) is 2.10. The number of pyridine rings is 1. The fourth-order valence-electron chi connectivity index (χ4n) is 2.73. The van der Waals surface area contributed by atoms with Crippen molar-refractivity contribution in [2.45, 2.75) is 32.4 Å². The number of hydrogen-bond donors (Lipinski definition) is 0. The Kier molecular flexibility index (Phi) is 5.93. The molecule has 1 fully saturated rings. The third-order valence-corrected chi connectivity index (χ3v) is 6.02. The van der Waals surface area contributed by atoms with Gasteiger partial charge in [0.1, 0.15) is 0 Å². The van der Waals surface area contributed by atoms with Crippen LogP contribution in [0.4, 0.5) is 0 Å². The first-order valence-corrected chi connectivity index (χ1v) is 9.72.